The van der Waals surface area contributed by atoms with Gasteiger partial charge in [-0.1, -0.05) is 17.7 Å². The van der Waals surface area contributed by atoms with E-state index in [4.69, 9.17) is 11.6 Å². The lowest BCUT2D eigenvalue weighted by atomic mass is 10.0. The lowest BCUT2D eigenvalue weighted by Crippen LogP contribution is -2.34. The topological polar surface area (TPSA) is 77.6 Å². The van der Waals surface area contributed by atoms with Crippen LogP contribution in [0.15, 0.2) is 67.0 Å². The van der Waals surface area contributed by atoms with Crippen LogP contribution in [0.25, 0.3) is 11.3 Å². The number of fused-ring (bicyclic) bond motifs is 1. The molecule has 2 heterocycles. The number of carbonyl (C=O) groups excluding carboxylic acids is 2. The molecule has 0 spiro atoms. The normalized spacial score (nSPS) is 14.0. The monoisotopic (exact) mass is 461 g/mol. The fourth-order valence-corrected chi connectivity index (χ4v) is 3.80. The molecule has 0 saturated carbocycles. The minimum absolute atomic E-state index is 0.00167. The molecule has 33 heavy (non-hydrogen) atoms. The smallest absolute Gasteiger partial charge is 0.258 e. The highest BCUT2D eigenvalue weighted by Gasteiger charge is 2.28. The minimum atomic E-state index is -0.211. The van der Waals surface area contributed by atoms with Crippen molar-refractivity contribution in [3.05, 3.63) is 83.1 Å². The van der Waals surface area contributed by atoms with Gasteiger partial charge in [-0.15, -0.1) is 0 Å². The summed E-state index contributed by atoms with van der Waals surface area (Å²) in [5, 5.41) is 6.84. The van der Waals surface area contributed by atoms with E-state index >= 15 is 0 Å². The van der Waals surface area contributed by atoms with E-state index in [0.29, 0.717) is 28.5 Å². The van der Waals surface area contributed by atoms with E-state index < -0.39 is 0 Å². The molecular formula is C25H24ClN5O2. The maximum Gasteiger partial charge on any atom is 0.258 e. The highest BCUT2D eigenvalue weighted by Crippen LogP contribution is 2.38. The quantitative estimate of drug-likeness (QED) is 0.538. The van der Waals surface area contributed by atoms with E-state index in [1.54, 1.807) is 36.5 Å². The van der Waals surface area contributed by atoms with Gasteiger partial charge >= 0.3 is 0 Å². The summed E-state index contributed by atoms with van der Waals surface area (Å²) in [6.07, 6.45) is 3.36. The van der Waals surface area contributed by atoms with Crippen LogP contribution in [0.2, 0.25) is 5.02 Å². The lowest BCUT2D eigenvalue weighted by Gasteiger charge is -2.20. The summed E-state index contributed by atoms with van der Waals surface area (Å²) >= 11 is 6.11. The number of halogens is 1. The molecule has 0 unspecified atom stereocenters. The van der Waals surface area contributed by atoms with Crippen LogP contribution in [0.3, 0.4) is 0 Å². The van der Waals surface area contributed by atoms with Crippen LogP contribution in [0.4, 0.5) is 17.1 Å². The van der Waals surface area contributed by atoms with E-state index in [1.807, 2.05) is 61.5 Å². The zero-order chi connectivity index (χ0) is 23.5. The third-order valence-electron chi connectivity index (χ3n) is 5.29. The lowest BCUT2D eigenvalue weighted by molar-refractivity contribution is -0.119. The number of hydrogen-bond acceptors (Lipinski definition) is 5. The van der Waals surface area contributed by atoms with Crippen LogP contribution in [0.5, 0.6) is 0 Å². The molecule has 0 atom stereocenters. The van der Waals surface area contributed by atoms with Gasteiger partial charge in [-0.3, -0.25) is 14.6 Å². The summed E-state index contributed by atoms with van der Waals surface area (Å²) in [6, 6.07) is 16.5. The largest absolute Gasteiger partial charge is 0.354 e. The van der Waals surface area contributed by atoms with Crippen LogP contribution >= 0.6 is 11.6 Å². The summed E-state index contributed by atoms with van der Waals surface area (Å²) in [4.78, 5) is 32.8. The summed E-state index contributed by atoms with van der Waals surface area (Å²) in [5.74, 6) is -0.213. The van der Waals surface area contributed by atoms with Gasteiger partial charge in [0.25, 0.3) is 5.91 Å². The van der Waals surface area contributed by atoms with Gasteiger partial charge in [-0.2, -0.15) is 0 Å². The third kappa shape index (κ3) is 4.89. The predicted octanol–water partition coefficient (Wildman–Crippen LogP) is 4.19. The molecule has 3 aromatic rings. The van der Waals surface area contributed by atoms with Gasteiger partial charge in [-0.05, 0) is 62.6 Å². The van der Waals surface area contributed by atoms with Gasteiger partial charge in [0.15, 0.2) is 0 Å². The summed E-state index contributed by atoms with van der Waals surface area (Å²) in [5.41, 5.74) is 5.00. The van der Waals surface area contributed by atoms with Crippen LogP contribution in [0, 0.1) is 0 Å². The molecule has 1 aromatic heterocycles. The maximum atomic E-state index is 12.9. The van der Waals surface area contributed by atoms with Crippen molar-refractivity contribution in [3.8, 4) is 0 Å². The molecule has 0 fully saturated rings. The Morgan fingerprint density at radius 3 is 2.39 bits per heavy atom. The number of nitrogens with one attached hydrogen (secondary N) is 2. The highest BCUT2D eigenvalue weighted by atomic mass is 35.5. The zero-order valence-electron chi connectivity index (χ0n) is 18.6. The van der Waals surface area contributed by atoms with Crippen molar-refractivity contribution >= 4 is 51.7 Å². The Kier molecular flexibility index (Phi) is 6.44. The second-order valence-electron chi connectivity index (χ2n) is 7.99. The molecule has 8 heteroatoms. The fourth-order valence-electron chi connectivity index (χ4n) is 3.62. The first kappa shape index (κ1) is 22.5. The highest BCUT2D eigenvalue weighted by molar-refractivity contribution is 6.38. The molecular weight excluding hydrogens is 438 g/mol. The Bertz CT molecular complexity index is 1220. The van der Waals surface area contributed by atoms with Gasteiger partial charge in [0.2, 0.25) is 5.91 Å². The molecule has 4 rings (SSSR count). The van der Waals surface area contributed by atoms with Crippen molar-refractivity contribution in [3.63, 3.8) is 0 Å². The second-order valence-corrected chi connectivity index (χ2v) is 8.43. The molecule has 0 bridgehead atoms. The van der Waals surface area contributed by atoms with Crippen LogP contribution < -0.4 is 15.5 Å². The molecule has 2 N–H and O–H groups in total. The second kappa shape index (κ2) is 9.44. The SMILES string of the molecule is CN(C)CC(=O)N(C)c1ccc(NC(=C2C(=O)Nc3cc(Cl)ccc32)c2ccncc2)cc1. The van der Waals surface area contributed by atoms with E-state index in [1.165, 1.54) is 0 Å². The van der Waals surface area contributed by atoms with E-state index in [0.717, 1.165) is 22.5 Å². The number of pyridine rings is 1. The Morgan fingerprint density at radius 2 is 1.73 bits per heavy atom. The first-order valence-electron chi connectivity index (χ1n) is 10.4. The Labute approximate surface area is 197 Å². The summed E-state index contributed by atoms with van der Waals surface area (Å²) < 4.78 is 0. The number of nitrogens with zero attached hydrogens (tertiary/aromatic N) is 3. The average Bonchev–Trinajstić information content (AvgIpc) is 3.12. The number of carbonyl (C=O) groups is 2. The molecule has 168 valence electrons. The molecule has 0 radical (unpaired) electrons. The first-order chi connectivity index (χ1) is 15.8. The molecule has 0 aliphatic carbocycles. The maximum absolute atomic E-state index is 12.9. The zero-order valence-corrected chi connectivity index (χ0v) is 19.3. The van der Waals surface area contributed by atoms with Crippen molar-refractivity contribution in [2.24, 2.45) is 0 Å². The third-order valence-corrected chi connectivity index (χ3v) is 5.53. The number of rotatable bonds is 6. The van der Waals surface area contributed by atoms with Gasteiger partial charge in [-0.25, -0.2) is 0 Å². The standard InChI is InChI=1S/C25H24ClN5O2/c1-30(2)15-22(32)31(3)19-7-5-18(6-8-19)28-24(16-10-12-27-13-11-16)23-20-9-4-17(26)14-21(20)29-25(23)33/h4-14,28H,15H2,1-3H3,(H,29,33). The van der Waals surface area contributed by atoms with Crippen molar-refractivity contribution in [1.29, 1.82) is 0 Å². The van der Waals surface area contributed by atoms with Crippen molar-refractivity contribution in [2.75, 3.05) is 43.2 Å². The predicted molar refractivity (Wildman–Crippen MR) is 133 cm³/mol. The van der Waals surface area contributed by atoms with E-state index in [-0.39, 0.29) is 11.8 Å². The Morgan fingerprint density at radius 1 is 1.03 bits per heavy atom. The number of hydrogen-bond donors (Lipinski definition) is 2. The van der Waals surface area contributed by atoms with Crippen LogP contribution in [-0.2, 0) is 9.59 Å². The minimum Gasteiger partial charge on any atom is -0.354 e. The van der Waals surface area contributed by atoms with Gasteiger partial charge in [0, 0.05) is 47.0 Å². The number of amides is 2. The van der Waals surface area contributed by atoms with E-state index in [9.17, 15) is 9.59 Å². The average molecular weight is 462 g/mol. The Hall–Kier alpha value is -3.68. The molecule has 7 nitrogen and oxygen atoms in total. The number of aromatic nitrogens is 1. The number of anilines is 3. The number of likely N-dealkylation sites (N-methyl/N-ethyl adjacent to an activating group) is 2. The molecule has 0 saturated heterocycles. The summed E-state index contributed by atoms with van der Waals surface area (Å²) in [6.45, 7) is 0.327. The van der Waals surface area contributed by atoms with Crippen molar-refractivity contribution < 1.29 is 9.59 Å². The van der Waals surface area contributed by atoms with Crippen LogP contribution in [0.1, 0.15) is 11.1 Å². The van der Waals surface area contributed by atoms with Gasteiger partial charge < -0.3 is 20.4 Å². The summed E-state index contributed by atoms with van der Waals surface area (Å²) in [7, 11) is 5.47. The number of benzene rings is 2. The molecule has 2 amide bonds. The van der Waals surface area contributed by atoms with E-state index in [2.05, 4.69) is 15.6 Å². The molecule has 1 aliphatic rings. The molecule has 1 aliphatic heterocycles. The Balaban J connectivity index is 1.70. The fraction of sp³-hybridized carbons (Fsp3) is 0.160. The molecule has 2 aromatic carbocycles. The first-order valence-corrected chi connectivity index (χ1v) is 10.8. The van der Waals surface area contributed by atoms with Crippen molar-refractivity contribution in [1.82, 2.24) is 9.88 Å². The van der Waals surface area contributed by atoms with Crippen molar-refractivity contribution in [2.45, 2.75) is 0 Å². The van der Waals surface area contributed by atoms with Crippen LogP contribution in [-0.4, -0.2) is 49.4 Å². The van der Waals surface area contributed by atoms with Gasteiger partial charge in [0.05, 0.1) is 23.5 Å². The van der Waals surface area contributed by atoms with Gasteiger partial charge in [0.1, 0.15) is 0 Å².